The maximum Gasteiger partial charge on any atom is 0.193 e. The van der Waals surface area contributed by atoms with E-state index in [4.69, 9.17) is 11.6 Å². The number of aliphatic imine (C=N–C) groups is 1. The van der Waals surface area contributed by atoms with Gasteiger partial charge in [-0.15, -0.1) is 0 Å². The predicted octanol–water partition coefficient (Wildman–Crippen LogP) is 6.42. The lowest BCUT2D eigenvalue weighted by Gasteiger charge is -2.41. The fourth-order valence-corrected chi connectivity index (χ4v) is 5.72. The van der Waals surface area contributed by atoms with Crippen molar-refractivity contribution in [3.63, 3.8) is 0 Å². The second-order valence-electron chi connectivity index (χ2n) is 10.7. The van der Waals surface area contributed by atoms with Gasteiger partial charge in [0.1, 0.15) is 5.82 Å². The summed E-state index contributed by atoms with van der Waals surface area (Å²) in [6.07, 6.45) is 13.7. The van der Waals surface area contributed by atoms with Crippen molar-refractivity contribution in [1.82, 2.24) is 19.4 Å². The lowest BCUT2D eigenvalue weighted by Crippen LogP contribution is -2.47. The first-order valence-electron chi connectivity index (χ1n) is 13.6. The van der Waals surface area contributed by atoms with E-state index in [9.17, 15) is 9.18 Å². The zero-order chi connectivity index (χ0) is 27.5. The molecule has 1 aliphatic carbocycles. The van der Waals surface area contributed by atoms with Gasteiger partial charge in [0.25, 0.3) is 0 Å². The van der Waals surface area contributed by atoms with Crippen LogP contribution in [0.15, 0.2) is 70.5 Å². The van der Waals surface area contributed by atoms with E-state index in [0.717, 1.165) is 50.0 Å². The highest BCUT2D eigenvalue weighted by molar-refractivity contribution is 6.31. The van der Waals surface area contributed by atoms with Gasteiger partial charge in [-0.3, -0.25) is 19.7 Å². The van der Waals surface area contributed by atoms with Gasteiger partial charge in [0, 0.05) is 79.2 Å². The van der Waals surface area contributed by atoms with Crippen molar-refractivity contribution < 1.29 is 4.39 Å². The SMILES string of the molecule is C=N/C=C\C=C(/C)N1CCC[C@H](N(Cc2ccnc(C)c2)Cc2cn(C3CC3)c3cc(Cl)c(F)cc3c2=O)C1. The maximum atomic E-state index is 14.5. The molecule has 3 aromatic rings. The largest absolute Gasteiger partial charge is 0.373 e. The molecule has 1 atom stereocenters. The Morgan fingerprint density at radius 1 is 1.28 bits per heavy atom. The molecule has 1 saturated carbocycles. The summed E-state index contributed by atoms with van der Waals surface area (Å²) in [4.78, 5) is 26.7. The first kappa shape index (κ1) is 27.3. The van der Waals surface area contributed by atoms with Crippen LogP contribution in [0.2, 0.25) is 5.02 Å². The van der Waals surface area contributed by atoms with Gasteiger partial charge in [-0.05, 0) is 88.2 Å². The van der Waals surface area contributed by atoms with Gasteiger partial charge >= 0.3 is 0 Å². The van der Waals surface area contributed by atoms with Crippen LogP contribution in [0.1, 0.15) is 55.5 Å². The molecule has 1 saturated heterocycles. The topological polar surface area (TPSA) is 53.7 Å². The lowest BCUT2D eigenvalue weighted by molar-refractivity contribution is 0.102. The van der Waals surface area contributed by atoms with Crippen LogP contribution in [0.25, 0.3) is 10.9 Å². The number of hydrogen-bond donors (Lipinski definition) is 0. The summed E-state index contributed by atoms with van der Waals surface area (Å²) in [6.45, 7) is 10.6. The van der Waals surface area contributed by atoms with Crippen molar-refractivity contribution in [2.24, 2.45) is 4.99 Å². The zero-order valence-electron chi connectivity index (χ0n) is 22.6. The third-order valence-corrected chi connectivity index (χ3v) is 8.04. The van der Waals surface area contributed by atoms with Gasteiger partial charge in [-0.25, -0.2) is 4.39 Å². The smallest absolute Gasteiger partial charge is 0.193 e. The highest BCUT2D eigenvalue weighted by atomic mass is 35.5. The molecule has 1 aromatic carbocycles. The Balaban J connectivity index is 1.51. The molecule has 2 aromatic heterocycles. The molecule has 204 valence electrons. The molecule has 2 fully saturated rings. The predicted molar refractivity (Wildman–Crippen MR) is 157 cm³/mol. The van der Waals surface area contributed by atoms with Crippen molar-refractivity contribution in [3.8, 4) is 0 Å². The molecular formula is C31H35ClFN5O. The molecule has 6 nitrogen and oxygen atoms in total. The van der Waals surface area contributed by atoms with Gasteiger partial charge in [0.2, 0.25) is 0 Å². The number of likely N-dealkylation sites (tertiary alicyclic amines) is 1. The monoisotopic (exact) mass is 547 g/mol. The van der Waals surface area contributed by atoms with Gasteiger partial charge in [-0.2, -0.15) is 0 Å². The van der Waals surface area contributed by atoms with Crippen LogP contribution < -0.4 is 5.43 Å². The Morgan fingerprint density at radius 2 is 2.10 bits per heavy atom. The van der Waals surface area contributed by atoms with E-state index in [-0.39, 0.29) is 16.5 Å². The van der Waals surface area contributed by atoms with Crippen LogP contribution in [0.4, 0.5) is 4.39 Å². The average Bonchev–Trinajstić information content (AvgIpc) is 3.77. The Kier molecular flexibility index (Phi) is 8.29. The number of halogens is 2. The molecule has 5 rings (SSSR count). The molecule has 0 unspecified atom stereocenters. The zero-order valence-corrected chi connectivity index (χ0v) is 23.4. The standard InChI is InChI=1S/C31H35ClFN5O/c1-21-14-23(10-12-35-21)17-37(26-7-5-13-36(20-26)22(2)6-4-11-34-3)18-24-19-38(25-8-9-25)30-16-28(32)29(33)15-27(30)31(24)39/h4,6,10-12,14-16,19,25-26H,3,5,7-9,13,17-18,20H2,1-2H3/b11-4-,22-6+/t26-/m0/s1. The summed E-state index contributed by atoms with van der Waals surface area (Å²) in [7, 11) is 0. The van der Waals surface area contributed by atoms with E-state index >= 15 is 0 Å². The van der Waals surface area contributed by atoms with E-state index in [1.165, 1.54) is 11.8 Å². The molecule has 0 amide bonds. The Morgan fingerprint density at radius 3 is 2.85 bits per heavy atom. The van der Waals surface area contributed by atoms with Crippen LogP contribution in [0.5, 0.6) is 0 Å². The first-order valence-corrected chi connectivity index (χ1v) is 13.9. The van der Waals surface area contributed by atoms with Crippen LogP contribution in [0, 0.1) is 12.7 Å². The van der Waals surface area contributed by atoms with Gasteiger partial charge < -0.3 is 9.47 Å². The summed E-state index contributed by atoms with van der Waals surface area (Å²) >= 11 is 6.12. The number of piperidine rings is 1. The van der Waals surface area contributed by atoms with Crippen molar-refractivity contribution in [3.05, 3.63) is 98.6 Å². The van der Waals surface area contributed by atoms with Crippen molar-refractivity contribution in [1.29, 1.82) is 0 Å². The number of aromatic nitrogens is 2. The van der Waals surface area contributed by atoms with Gasteiger partial charge in [0.05, 0.1) is 10.5 Å². The second kappa shape index (κ2) is 11.8. The molecule has 0 N–H and O–H groups in total. The van der Waals surface area contributed by atoms with Crippen LogP contribution in [-0.4, -0.2) is 45.2 Å². The molecule has 1 aliphatic heterocycles. The minimum absolute atomic E-state index is 0.0446. The minimum Gasteiger partial charge on any atom is -0.373 e. The number of allylic oxidation sites excluding steroid dienone is 3. The molecule has 8 heteroatoms. The fraction of sp³-hybridized carbons (Fsp3) is 0.387. The first-order chi connectivity index (χ1) is 18.8. The lowest BCUT2D eigenvalue weighted by atomic mass is 10.0. The number of rotatable bonds is 9. The number of fused-ring (bicyclic) bond motifs is 1. The Bertz CT molecular complexity index is 1490. The molecule has 0 spiro atoms. The number of benzene rings is 1. The van der Waals surface area contributed by atoms with Crippen LogP contribution >= 0.6 is 11.6 Å². The van der Waals surface area contributed by atoms with E-state index in [2.05, 4.69) is 50.1 Å². The summed E-state index contributed by atoms with van der Waals surface area (Å²) in [5.74, 6) is -0.559. The molecule has 2 aliphatic rings. The number of aryl methyl sites for hydroxylation is 1. The van der Waals surface area contributed by atoms with Crippen molar-refractivity contribution in [2.75, 3.05) is 13.1 Å². The molecule has 39 heavy (non-hydrogen) atoms. The molecular weight excluding hydrogens is 513 g/mol. The molecule has 0 bridgehead atoms. The fourth-order valence-electron chi connectivity index (χ4n) is 5.56. The van der Waals surface area contributed by atoms with Gasteiger partial charge in [-0.1, -0.05) is 11.6 Å². The minimum atomic E-state index is -0.559. The van der Waals surface area contributed by atoms with Crippen molar-refractivity contribution >= 4 is 29.2 Å². The summed E-state index contributed by atoms with van der Waals surface area (Å²) < 4.78 is 16.6. The molecule has 3 heterocycles. The Hall–Kier alpha value is -3.29. The summed E-state index contributed by atoms with van der Waals surface area (Å²) in [5, 5.41) is 0.441. The Labute approximate surface area is 234 Å². The highest BCUT2D eigenvalue weighted by Gasteiger charge is 2.29. The summed E-state index contributed by atoms with van der Waals surface area (Å²) in [5.41, 5.74) is 4.57. The number of nitrogens with zero attached hydrogens (tertiary/aromatic N) is 5. The van der Waals surface area contributed by atoms with E-state index < -0.39 is 5.82 Å². The average molecular weight is 548 g/mol. The quantitative estimate of drug-likeness (QED) is 0.229. The van der Waals surface area contributed by atoms with Crippen LogP contribution in [0.3, 0.4) is 0 Å². The van der Waals surface area contributed by atoms with E-state index in [1.807, 2.05) is 31.5 Å². The third-order valence-electron chi connectivity index (χ3n) is 7.75. The normalized spacial score (nSPS) is 18.4. The highest BCUT2D eigenvalue weighted by Crippen LogP contribution is 2.38. The van der Waals surface area contributed by atoms with Gasteiger partial charge in [0.15, 0.2) is 5.43 Å². The summed E-state index contributed by atoms with van der Waals surface area (Å²) in [6, 6.07) is 7.61. The van der Waals surface area contributed by atoms with E-state index in [0.29, 0.717) is 35.6 Å². The van der Waals surface area contributed by atoms with Crippen LogP contribution in [-0.2, 0) is 13.1 Å². The second-order valence-corrected chi connectivity index (χ2v) is 11.1. The van der Waals surface area contributed by atoms with E-state index in [1.54, 1.807) is 12.3 Å². The number of hydrogen-bond acceptors (Lipinski definition) is 5. The third kappa shape index (κ3) is 6.31. The maximum absolute atomic E-state index is 14.5. The molecule has 0 radical (unpaired) electrons. The number of pyridine rings is 2. The van der Waals surface area contributed by atoms with Crippen molar-refractivity contribution in [2.45, 2.75) is 64.7 Å².